The van der Waals surface area contributed by atoms with Crippen molar-refractivity contribution in [3.8, 4) is 0 Å². The number of fused-ring (bicyclic) bond motifs is 1. The second-order valence-corrected chi connectivity index (χ2v) is 8.29. The van der Waals surface area contributed by atoms with Gasteiger partial charge in [0.25, 0.3) is 5.91 Å². The minimum absolute atomic E-state index is 0.0731. The van der Waals surface area contributed by atoms with Crippen molar-refractivity contribution in [2.24, 2.45) is 11.8 Å². The first-order valence-electron chi connectivity index (χ1n) is 8.01. The average Bonchev–Trinajstić information content (AvgIpc) is 2.98. The predicted molar refractivity (Wildman–Crippen MR) is 87.9 cm³/mol. The molecule has 0 radical (unpaired) electrons. The highest BCUT2D eigenvalue weighted by molar-refractivity contribution is 6.58. The van der Waals surface area contributed by atoms with Crippen LogP contribution in [0.5, 0.6) is 0 Å². The van der Waals surface area contributed by atoms with Crippen LogP contribution in [0.4, 0.5) is 0 Å². The third kappa shape index (κ3) is 2.53. The van der Waals surface area contributed by atoms with Crippen molar-refractivity contribution >= 4 is 29.1 Å². The van der Waals surface area contributed by atoms with Crippen LogP contribution in [-0.4, -0.2) is 45.7 Å². The molecular weight excluding hydrogens is 319 g/mol. The number of halogens is 2. The lowest BCUT2D eigenvalue weighted by Crippen LogP contribution is -2.50. The molecule has 5 heteroatoms. The number of piperidine rings is 2. The zero-order valence-corrected chi connectivity index (χ0v) is 13.9. The number of carbonyl (C=O) groups is 1. The van der Waals surface area contributed by atoms with Gasteiger partial charge in [-0.25, -0.2) is 0 Å². The summed E-state index contributed by atoms with van der Waals surface area (Å²) >= 11 is 12.3. The van der Waals surface area contributed by atoms with E-state index in [9.17, 15) is 4.79 Å². The number of rotatable bonds is 3. The molecule has 1 amide bonds. The molecule has 0 aromatic heterocycles. The zero-order chi connectivity index (χ0) is 15.3. The summed E-state index contributed by atoms with van der Waals surface area (Å²) in [6.45, 7) is 3.97. The van der Waals surface area contributed by atoms with Gasteiger partial charge in [0.2, 0.25) is 0 Å². The molecule has 3 nitrogen and oxygen atoms in total. The first kappa shape index (κ1) is 14.8. The highest BCUT2D eigenvalue weighted by Gasteiger charge is 2.61. The topological polar surface area (TPSA) is 23.6 Å². The number of carbonyl (C=O) groups excluding carboxylic acids is 1. The van der Waals surface area contributed by atoms with Crippen molar-refractivity contribution in [3.63, 3.8) is 0 Å². The molecule has 2 saturated heterocycles. The molecule has 0 bridgehead atoms. The Morgan fingerprint density at radius 3 is 2.50 bits per heavy atom. The van der Waals surface area contributed by atoms with Crippen molar-refractivity contribution in [2.75, 3.05) is 19.6 Å². The number of hydrogen-bond donors (Lipinski definition) is 0. The van der Waals surface area contributed by atoms with Gasteiger partial charge in [-0.3, -0.25) is 9.69 Å². The molecule has 0 N–H and O–H groups in total. The van der Waals surface area contributed by atoms with Crippen LogP contribution >= 0.6 is 23.2 Å². The van der Waals surface area contributed by atoms with Gasteiger partial charge in [-0.05, 0) is 30.2 Å². The standard InChI is InChI=1S/C17H20Cl2N2O/c18-17(19)7-4-8-21(16(17)22)15-13-10-20(11-14(13)15)9-12-5-2-1-3-6-12/h1-3,5-6,13-15H,4,7-11H2. The predicted octanol–water partition coefficient (Wildman–Crippen LogP) is 2.91. The largest absolute Gasteiger partial charge is 0.336 e. The molecule has 1 aliphatic carbocycles. The normalized spacial score (nSPS) is 33.8. The van der Waals surface area contributed by atoms with E-state index in [-0.39, 0.29) is 5.91 Å². The van der Waals surface area contributed by atoms with E-state index in [1.165, 1.54) is 5.56 Å². The fraction of sp³-hybridized carbons (Fsp3) is 0.588. The number of nitrogens with zero attached hydrogens (tertiary/aromatic N) is 2. The summed E-state index contributed by atoms with van der Waals surface area (Å²) in [4.78, 5) is 16.8. The van der Waals surface area contributed by atoms with Gasteiger partial charge >= 0.3 is 0 Å². The molecule has 1 saturated carbocycles. The maximum absolute atomic E-state index is 12.4. The minimum Gasteiger partial charge on any atom is -0.336 e. The SMILES string of the molecule is O=C1N(C2C3CN(Cc4ccccc4)CC32)CCCC1(Cl)Cl. The lowest BCUT2D eigenvalue weighted by Gasteiger charge is -2.36. The smallest absolute Gasteiger partial charge is 0.259 e. The van der Waals surface area contributed by atoms with Crippen LogP contribution in [-0.2, 0) is 11.3 Å². The highest BCUT2D eigenvalue weighted by atomic mass is 35.5. The summed E-state index contributed by atoms with van der Waals surface area (Å²) in [5.41, 5.74) is 1.36. The third-order valence-corrected chi connectivity index (χ3v) is 6.00. The van der Waals surface area contributed by atoms with Crippen LogP contribution in [0.25, 0.3) is 0 Å². The fourth-order valence-electron chi connectivity index (χ4n) is 4.19. The van der Waals surface area contributed by atoms with Crippen LogP contribution in [0.15, 0.2) is 30.3 Å². The lowest BCUT2D eigenvalue weighted by atomic mass is 10.1. The molecule has 4 rings (SSSR count). The van der Waals surface area contributed by atoms with Crippen molar-refractivity contribution in [1.82, 2.24) is 9.80 Å². The minimum atomic E-state index is -1.20. The second-order valence-electron chi connectivity index (χ2n) is 6.80. The Balaban J connectivity index is 1.36. The van der Waals surface area contributed by atoms with E-state index in [4.69, 9.17) is 23.2 Å². The highest BCUT2D eigenvalue weighted by Crippen LogP contribution is 2.51. The summed E-state index contributed by atoms with van der Waals surface area (Å²) in [7, 11) is 0. The molecule has 22 heavy (non-hydrogen) atoms. The van der Waals surface area contributed by atoms with Crippen LogP contribution in [0.3, 0.4) is 0 Å². The Kier molecular flexibility index (Phi) is 3.63. The first-order valence-corrected chi connectivity index (χ1v) is 8.77. The monoisotopic (exact) mass is 338 g/mol. The molecule has 0 spiro atoms. The number of benzene rings is 1. The summed E-state index contributed by atoms with van der Waals surface area (Å²) in [5.74, 6) is 1.14. The van der Waals surface area contributed by atoms with Gasteiger partial charge in [-0.2, -0.15) is 0 Å². The van der Waals surface area contributed by atoms with Gasteiger partial charge in [0.1, 0.15) is 0 Å². The van der Waals surface area contributed by atoms with Gasteiger partial charge in [0.05, 0.1) is 0 Å². The van der Waals surface area contributed by atoms with E-state index in [2.05, 4.69) is 29.2 Å². The quantitative estimate of drug-likeness (QED) is 0.791. The molecule has 2 atom stereocenters. The Bertz CT molecular complexity index is 565. The second kappa shape index (κ2) is 5.40. The van der Waals surface area contributed by atoms with Crippen LogP contribution in [0.1, 0.15) is 18.4 Å². The Labute approximate surface area is 141 Å². The van der Waals surface area contributed by atoms with Crippen LogP contribution in [0, 0.1) is 11.8 Å². The molecular formula is C17H20Cl2N2O. The van der Waals surface area contributed by atoms with Gasteiger partial charge in [0, 0.05) is 32.2 Å². The van der Waals surface area contributed by atoms with Crippen molar-refractivity contribution in [1.29, 1.82) is 0 Å². The molecule has 3 aliphatic rings. The van der Waals surface area contributed by atoms with Gasteiger partial charge < -0.3 is 4.90 Å². The van der Waals surface area contributed by atoms with Crippen LogP contribution in [0.2, 0.25) is 0 Å². The van der Waals surface area contributed by atoms with Gasteiger partial charge in [-0.15, -0.1) is 0 Å². The number of hydrogen-bond acceptors (Lipinski definition) is 2. The Morgan fingerprint density at radius 2 is 1.82 bits per heavy atom. The van der Waals surface area contributed by atoms with E-state index >= 15 is 0 Å². The summed E-state index contributed by atoms with van der Waals surface area (Å²) in [6.07, 6.45) is 1.48. The van der Waals surface area contributed by atoms with E-state index < -0.39 is 4.33 Å². The number of amides is 1. The number of alkyl halides is 2. The lowest BCUT2D eigenvalue weighted by molar-refractivity contribution is -0.135. The van der Waals surface area contributed by atoms with E-state index in [1.807, 2.05) is 11.0 Å². The Hall–Kier alpha value is -0.770. The van der Waals surface area contributed by atoms with Crippen molar-refractivity contribution in [2.45, 2.75) is 29.8 Å². The van der Waals surface area contributed by atoms with Crippen molar-refractivity contribution in [3.05, 3.63) is 35.9 Å². The number of likely N-dealkylation sites (tertiary alicyclic amines) is 2. The van der Waals surface area contributed by atoms with Crippen LogP contribution < -0.4 is 0 Å². The molecule has 2 unspecified atom stereocenters. The fourth-order valence-corrected chi connectivity index (χ4v) is 4.67. The molecule has 3 fully saturated rings. The van der Waals surface area contributed by atoms with E-state index in [1.54, 1.807) is 0 Å². The van der Waals surface area contributed by atoms with E-state index in [0.29, 0.717) is 24.3 Å². The van der Waals surface area contributed by atoms with Gasteiger partial charge in [0.15, 0.2) is 4.33 Å². The molecule has 118 valence electrons. The maximum Gasteiger partial charge on any atom is 0.259 e. The molecule has 2 heterocycles. The van der Waals surface area contributed by atoms with E-state index in [0.717, 1.165) is 32.6 Å². The summed E-state index contributed by atoms with van der Waals surface area (Å²) < 4.78 is -1.20. The first-order chi connectivity index (χ1) is 10.6. The molecule has 1 aromatic carbocycles. The summed E-state index contributed by atoms with van der Waals surface area (Å²) in [5, 5.41) is 0. The average molecular weight is 339 g/mol. The summed E-state index contributed by atoms with van der Waals surface area (Å²) in [6, 6.07) is 10.9. The Morgan fingerprint density at radius 1 is 1.14 bits per heavy atom. The maximum atomic E-state index is 12.4. The van der Waals surface area contributed by atoms with Crippen molar-refractivity contribution < 1.29 is 4.79 Å². The molecule has 2 aliphatic heterocycles. The zero-order valence-electron chi connectivity index (χ0n) is 12.4. The molecule has 1 aromatic rings. The third-order valence-electron chi connectivity index (χ3n) is 5.30. The van der Waals surface area contributed by atoms with Gasteiger partial charge in [-0.1, -0.05) is 53.5 Å².